The SMILES string of the molecule is C=[C-]Cc1cccc(OC)c1.[Zn+][I]. The van der Waals surface area contributed by atoms with Crippen LogP contribution in [-0.2, 0) is 21.2 Å². The molecule has 0 N–H and O–H groups in total. The van der Waals surface area contributed by atoms with Crippen LogP contribution in [-0.4, -0.2) is 7.11 Å². The van der Waals surface area contributed by atoms with E-state index in [2.05, 4.69) is 32.4 Å². The molecule has 0 aliphatic rings. The summed E-state index contributed by atoms with van der Waals surface area (Å²) in [7, 11) is 1.66. The molecule has 1 aromatic carbocycles. The van der Waals surface area contributed by atoms with Crippen molar-refractivity contribution in [2.75, 3.05) is 7.11 Å². The first-order chi connectivity index (χ1) is 6.36. The molecule has 1 nitrogen and oxygen atoms in total. The summed E-state index contributed by atoms with van der Waals surface area (Å²) in [4.78, 5) is 0. The van der Waals surface area contributed by atoms with Gasteiger partial charge in [-0.15, -0.1) is 0 Å². The Labute approximate surface area is 100 Å². The van der Waals surface area contributed by atoms with Crippen molar-refractivity contribution in [2.45, 2.75) is 6.42 Å². The van der Waals surface area contributed by atoms with Crippen LogP contribution < -0.4 is 4.74 Å². The van der Waals surface area contributed by atoms with Gasteiger partial charge in [0.15, 0.2) is 0 Å². The van der Waals surface area contributed by atoms with Gasteiger partial charge in [0.05, 0.1) is 7.11 Å². The zero-order valence-electron chi connectivity index (χ0n) is 7.72. The fraction of sp³-hybridized carbons (Fsp3) is 0.200. The monoisotopic (exact) mass is 338 g/mol. The molecule has 0 heterocycles. The zero-order chi connectivity index (χ0) is 10.1. The van der Waals surface area contributed by atoms with Crippen molar-refractivity contribution >= 4 is 19.8 Å². The van der Waals surface area contributed by atoms with Crippen LogP contribution in [0.3, 0.4) is 0 Å². The molecule has 0 atom stereocenters. The van der Waals surface area contributed by atoms with Gasteiger partial charge < -0.3 is 10.8 Å². The van der Waals surface area contributed by atoms with Gasteiger partial charge in [0.1, 0.15) is 5.75 Å². The Hall–Kier alpha value is 0.113. The normalized spacial score (nSPS) is 8.31. The third-order valence-electron chi connectivity index (χ3n) is 1.46. The van der Waals surface area contributed by atoms with Crippen LogP contribution in [0.4, 0.5) is 0 Å². The van der Waals surface area contributed by atoms with Crippen LogP contribution in [0.5, 0.6) is 5.75 Å². The fourth-order valence-electron chi connectivity index (χ4n) is 0.927. The van der Waals surface area contributed by atoms with Gasteiger partial charge >= 0.3 is 34.5 Å². The average Bonchev–Trinajstić information content (AvgIpc) is 2.22. The van der Waals surface area contributed by atoms with Crippen molar-refractivity contribution in [3.63, 3.8) is 0 Å². The molecule has 1 rings (SSSR count). The minimum absolute atomic E-state index is 0.775. The van der Waals surface area contributed by atoms with Crippen LogP contribution in [0, 0.1) is 6.08 Å². The Morgan fingerprint density at radius 2 is 2.23 bits per heavy atom. The van der Waals surface area contributed by atoms with E-state index in [1.165, 1.54) is 20.4 Å². The summed E-state index contributed by atoms with van der Waals surface area (Å²) in [6.07, 6.45) is 3.60. The molecule has 1 aromatic rings. The van der Waals surface area contributed by atoms with Crippen LogP contribution in [0.1, 0.15) is 5.56 Å². The van der Waals surface area contributed by atoms with E-state index in [4.69, 9.17) is 4.74 Å². The Morgan fingerprint density at radius 1 is 1.54 bits per heavy atom. The summed E-state index contributed by atoms with van der Waals surface area (Å²) in [5, 5.41) is 0. The van der Waals surface area contributed by atoms with Crippen LogP contribution >= 0.6 is 19.8 Å². The first kappa shape index (κ1) is 13.1. The molecule has 0 fully saturated rings. The molecule has 0 saturated carbocycles. The van der Waals surface area contributed by atoms with E-state index in [0.717, 1.165) is 12.2 Å². The van der Waals surface area contributed by atoms with E-state index in [1.54, 1.807) is 7.11 Å². The van der Waals surface area contributed by atoms with Crippen molar-refractivity contribution in [1.82, 2.24) is 0 Å². The zero-order valence-corrected chi connectivity index (χ0v) is 12.8. The first-order valence-electron chi connectivity index (χ1n) is 3.76. The molecular formula is C10H11IOZn. The van der Waals surface area contributed by atoms with Gasteiger partial charge in [0.2, 0.25) is 0 Å². The van der Waals surface area contributed by atoms with Crippen molar-refractivity contribution in [3.05, 3.63) is 42.5 Å². The molecule has 13 heavy (non-hydrogen) atoms. The fourth-order valence-corrected chi connectivity index (χ4v) is 0.927. The quantitative estimate of drug-likeness (QED) is 0.467. The Morgan fingerprint density at radius 3 is 2.77 bits per heavy atom. The minimum atomic E-state index is 0.775. The molecule has 0 radical (unpaired) electrons. The summed E-state index contributed by atoms with van der Waals surface area (Å²) in [6.45, 7) is 3.55. The number of hydrogen-bond acceptors (Lipinski definition) is 1. The second-order valence-corrected chi connectivity index (χ2v) is 2.28. The summed E-state index contributed by atoms with van der Waals surface area (Å²) in [5.41, 5.74) is 1.18. The van der Waals surface area contributed by atoms with Gasteiger partial charge in [-0.05, 0) is 12.1 Å². The third kappa shape index (κ3) is 5.42. The second kappa shape index (κ2) is 8.70. The second-order valence-electron chi connectivity index (χ2n) is 2.28. The van der Waals surface area contributed by atoms with E-state index >= 15 is 0 Å². The van der Waals surface area contributed by atoms with E-state index < -0.39 is 0 Å². The van der Waals surface area contributed by atoms with E-state index in [1.807, 2.05) is 24.3 Å². The van der Waals surface area contributed by atoms with Gasteiger partial charge in [-0.3, -0.25) is 6.58 Å². The predicted octanol–water partition coefficient (Wildman–Crippen LogP) is 3.11. The molecule has 0 spiro atoms. The van der Waals surface area contributed by atoms with Crippen LogP contribution in [0.2, 0.25) is 0 Å². The number of methoxy groups -OCH3 is 1. The Bertz CT molecular complexity index is 250. The molecule has 66 valence electrons. The number of rotatable bonds is 3. The summed E-state index contributed by atoms with van der Waals surface area (Å²) in [5.74, 6) is 0.887. The molecule has 0 aliphatic carbocycles. The molecule has 0 saturated heterocycles. The van der Waals surface area contributed by atoms with E-state index in [-0.39, 0.29) is 0 Å². The predicted molar refractivity (Wildman–Crippen MR) is 59.6 cm³/mol. The van der Waals surface area contributed by atoms with Crippen molar-refractivity contribution in [1.29, 1.82) is 0 Å². The summed E-state index contributed by atoms with van der Waals surface area (Å²) in [6, 6.07) is 7.90. The number of benzene rings is 1. The van der Waals surface area contributed by atoms with Gasteiger partial charge in [-0.1, -0.05) is 17.7 Å². The van der Waals surface area contributed by atoms with E-state index in [0.29, 0.717) is 0 Å². The number of hydrogen-bond donors (Lipinski definition) is 0. The maximum absolute atomic E-state index is 5.05. The van der Waals surface area contributed by atoms with Crippen molar-refractivity contribution in [2.24, 2.45) is 0 Å². The van der Waals surface area contributed by atoms with E-state index in [9.17, 15) is 0 Å². The maximum atomic E-state index is 5.05. The van der Waals surface area contributed by atoms with Gasteiger partial charge in [0.25, 0.3) is 0 Å². The van der Waals surface area contributed by atoms with Crippen LogP contribution in [0.15, 0.2) is 30.8 Å². The molecule has 3 heteroatoms. The van der Waals surface area contributed by atoms with Crippen molar-refractivity contribution < 1.29 is 19.5 Å². The molecule has 0 aliphatic heterocycles. The summed E-state index contributed by atoms with van der Waals surface area (Å²) >= 11 is 3.62. The molecule has 0 amide bonds. The first-order valence-corrected chi connectivity index (χ1v) is 12.8. The standard InChI is InChI=1S/C10H11O.HI.Zn/c1-3-5-9-6-4-7-10(8-9)11-2;;/h4,6-8H,1,5H2,2H3;1H;/q-1;;+2/p-1. The summed E-state index contributed by atoms with van der Waals surface area (Å²) < 4.78 is 5.05. The molecular weight excluding hydrogens is 328 g/mol. The van der Waals surface area contributed by atoms with Crippen LogP contribution in [0.25, 0.3) is 0 Å². The average molecular weight is 339 g/mol. The number of halogens is 1. The molecule has 0 unspecified atom stereocenters. The third-order valence-corrected chi connectivity index (χ3v) is 1.46. The molecule has 0 aromatic heterocycles. The Balaban J connectivity index is 0.000000671. The van der Waals surface area contributed by atoms with Gasteiger partial charge in [-0.25, -0.2) is 0 Å². The van der Waals surface area contributed by atoms with Crippen molar-refractivity contribution in [3.8, 4) is 5.75 Å². The number of allylic oxidation sites excluding steroid dienone is 1. The number of ether oxygens (including phenoxy) is 1. The molecule has 0 bridgehead atoms. The van der Waals surface area contributed by atoms with Gasteiger partial charge in [0, 0.05) is 0 Å². The Kier molecular flexibility index (Phi) is 8.78. The van der Waals surface area contributed by atoms with Gasteiger partial charge in [-0.2, -0.15) is 6.42 Å². The topological polar surface area (TPSA) is 9.23 Å².